The van der Waals surface area contributed by atoms with Crippen LogP contribution in [0, 0.1) is 0 Å². The average Bonchev–Trinajstić information content (AvgIpc) is 3.10. The summed E-state index contributed by atoms with van der Waals surface area (Å²) in [5.74, 6) is -0.000302. The van der Waals surface area contributed by atoms with Crippen molar-refractivity contribution in [1.29, 1.82) is 0 Å². The molecule has 0 fully saturated rings. The number of carbonyl (C=O) groups is 2. The van der Waals surface area contributed by atoms with Crippen molar-refractivity contribution in [2.45, 2.75) is 6.92 Å². The number of ketones is 1. The number of methoxy groups -OCH3 is 1. The molecule has 0 bridgehead atoms. The van der Waals surface area contributed by atoms with Crippen LogP contribution in [0.15, 0.2) is 71.5 Å². The zero-order chi connectivity index (χ0) is 21.3. The molecule has 0 aliphatic rings. The number of fused-ring (bicyclic) bond motifs is 1. The number of pyridine rings is 1. The maximum atomic E-state index is 13.4. The molecule has 1 amide bonds. The van der Waals surface area contributed by atoms with Gasteiger partial charge in [0.15, 0.2) is 5.78 Å². The van der Waals surface area contributed by atoms with Crippen LogP contribution in [0.4, 0.5) is 5.00 Å². The lowest BCUT2D eigenvalue weighted by molar-refractivity contribution is -0.114. The maximum Gasteiger partial charge on any atom is 0.256 e. The Balaban J connectivity index is 1.99. The molecule has 2 aromatic heterocycles. The van der Waals surface area contributed by atoms with E-state index < -0.39 is 0 Å². The van der Waals surface area contributed by atoms with Crippen molar-refractivity contribution >= 4 is 38.2 Å². The van der Waals surface area contributed by atoms with Crippen LogP contribution in [0.1, 0.15) is 22.8 Å². The van der Waals surface area contributed by atoms with Crippen molar-refractivity contribution in [1.82, 2.24) is 4.57 Å². The molecule has 7 heteroatoms. The molecule has 4 rings (SSSR count). The van der Waals surface area contributed by atoms with Crippen LogP contribution in [-0.2, 0) is 4.79 Å². The second-order valence-corrected chi connectivity index (χ2v) is 7.61. The van der Waals surface area contributed by atoms with Gasteiger partial charge in [-0.05, 0) is 30.3 Å². The fourth-order valence-electron chi connectivity index (χ4n) is 3.29. The van der Waals surface area contributed by atoms with E-state index in [1.807, 2.05) is 30.3 Å². The monoisotopic (exact) mass is 418 g/mol. The molecule has 0 saturated heterocycles. The predicted molar refractivity (Wildman–Crippen MR) is 118 cm³/mol. The number of nitrogens with zero attached hydrogens (tertiary/aromatic N) is 1. The van der Waals surface area contributed by atoms with E-state index in [0.717, 1.165) is 0 Å². The second-order valence-electron chi connectivity index (χ2n) is 6.61. The summed E-state index contributed by atoms with van der Waals surface area (Å²) in [5, 5.41) is 3.75. The normalized spacial score (nSPS) is 10.7. The van der Waals surface area contributed by atoms with E-state index in [9.17, 15) is 14.4 Å². The highest BCUT2D eigenvalue weighted by Gasteiger charge is 2.24. The van der Waals surface area contributed by atoms with Crippen LogP contribution < -0.4 is 15.6 Å². The first-order valence-corrected chi connectivity index (χ1v) is 10.0. The van der Waals surface area contributed by atoms with Crippen molar-refractivity contribution in [3.8, 4) is 11.4 Å². The third-order valence-corrected chi connectivity index (χ3v) is 5.71. The van der Waals surface area contributed by atoms with E-state index in [1.54, 1.807) is 34.9 Å². The summed E-state index contributed by atoms with van der Waals surface area (Å²) in [7, 11) is 1.53. The van der Waals surface area contributed by atoms with Crippen molar-refractivity contribution in [3.63, 3.8) is 0 Å². The van der Waals surface area contributed by atoms with Crippen LogP contribution in [0.25, 0.3) is 15.9 Å². The van der Waals surface area contributed by atoms with E-state index in [1.165, 1.54) is 31.4 Å². The van der Waals surface area contributed by atoms with Crippen LogP contribution >= 0.6 is 11.3 Å². The largest absolute Gasteiger partial charge is 0.497 e. The summed E-state index contributed by atoms with van der Waals surface area (Å²) in [5.41, 5.74) is 1.25. The number of carbonyl (C=O) groups excluding carboxylic acids is 2. The highest BCUT2D eigenvalue weighted by Crippen LogP contribution is 2.37. The summed E-state index contributed by atoms with van der Waals surface area (Å²) >= 11 is 1.20. The zero-order valence-corrected chi connectivity index (χ0v) is 17.2. The second kappa shape index (κ2) is 7.96. The van der Waals surface area contributed by atoms with Crippen LogP contribution in [0.2, 0.25) is 0 Å². The fraction of sp³-hybridized carbons (Fsp3) is 0.0870. The quantitative estimate of drug-likeness (QED) is 0.492. The first-order valence-electron chi connectivity index (χ1n) is 9.20. The molecular weight excluding hydrogens is 400 g/mol. The Kier molecular flexibility index (Phi) is 5.20. The molecule has 0 saturated carbocycles. The number of hydrogen-bond acceptors (Lipinski definition) is 5. The maximum absolute atomic E-state index is 13.4. The number of amides is 1. The van der Waals surface area contributed by atoms with E-state index in [2.05, 4.69) is 5.32 Å². The zero-order valence-electron chi connectivity index (χ0n) is 16.3. The third kappa shape index (κ3) is 3.51. The van der Waals surface area contributed by atoms with Crippen molar-refractivity contribution in [3.05, 3.63) is 88.2 Å². The summed E-state index contributed by atoms with van der Waals surface area (Å²) in [6, 6.07) is 19.1. The van der Waals surface area contributed by atoms with Gasteiger partial charge in [-0.3, -0.25) is 19.0 Å². The van der Waals surface area contributed by atoms with E-state index in [-0.39, 0.29) is 17.2 Å². The van der Waals surface area contributed by atoms with Crippen LogP contribution in [-0.4, -0.2) is 23.4 Å². The first kappa shape index (κ1) is 19.6. The van der Waals surface area contributed by atoms with Crippen molar-refractivity contribution < 1.29 is 14.3 Å². The minimum atomic E-state index is -0.296. The number of benzene rings is 2. The Morgan fingerprint density at radius 2 is 1.77 bits per heavy atom. The molecule has 30 heavy (non-hydrogen) atoms. The summed E-state index contributed by atoms with van der Waals surface area (Å²) in [6.07, 6.45) is 0. The highest BCUT2D eigenvalue weighted by molar-refractivity contribution is 7.23. The number of hydrogen-bond donors (Lipinski definition) is 1. The Morgan fingerprint density at radius 1 is 1.00 bits per heavy atom. The Bertz CT molecular complexity index is 1320. The van der Waals surface area contributed by atoms with Gasteiger partial charge in [0.1, 0.15) is 15.6 Å². The molecule has 6 nitrogen and oxygen atoms in total. The van der Waals surface area contributed by atoms with E-state index >= 15 is 0 Å². The van der Waals surface area contributed by atoms with Gasteiger partial charge in [0.05, 0.1) is 18.4 Å². The lowest BCUT2D eigenvalue weighted by Crippen LogP contribution is -2.16. The third-order valence-electron chi connectivity index (χ3n) is 4.60. The van der Waals surface area contributed by atoms with Gasteiger partial charge in [0.25, 0.3) is 5.56 Å². The van der Waals surface area contributed by atoms with Crippen LogP contribution in [0.3, 0.4) is 0 Å². The minimum Gasteiger partial charge on any atom is -0.497 e. The van der Waals surface area contributed by atoms with Gasteiger partial charge >= 0.3 is 0 Å². The molecule has 0 unspecified atom stereocenters. The van der Waals surface area contributed by atoms with E-state index in [0.29, 0.717) is 37.8 Å². The van der Waals surface area contributed by atoms with Gasteiger partial charge in [-0.25, -0.2) is 0 Å². The van der Waals surface area contributed by atoms with Crippen LogP contribution in [0.5, 0.6) is 5.75 Å². The van der Waals surface area contributed by atoms with Gasteiger partial charge in [-0.1, -0.05) is 41.7 Å². The van der Waals surface area contributed by atoms with Crippen molar-refractivity contribution in [2.75, 3.05) is 12.4 Å². The number of anilines is 1. The molecule has 2 heterocycles. The van der Waals surface area contributed by atoms with Gasteiger partial charge < -0.3 is 10.1 Å². The fourth-order valence-corrected chi connectivity index (χ4v) is 4.54. The highest BCUT2D eigenvalue weighted by atomic mass is 32.1. The van der Waals surface area contributed by atoms with Crippen molar-refractivity contribution in [2.24, 2.45) is 0 Å². The van der Waals surface area contributed by atoms with Gasteiger partial charge in [0, 0.05) is 23.9 Å². The number of para-hydroxylation sites is 1. The molecule has 0 aliphatic carbocycles. The predicted octanol–water partition coefficient (Wildman–Crippen LogP) is 4.25. The molecule has 2 aromatic carbocycles. The Hall–Kier alpha value is -3.71. The summed E-state index contributed by atoms with van der Waals surface area (Å²) in [6.45, 7) is 1.38. The molecule has 4 aromatic rings. The van der Waals surface area contributed by atoms with E-state index in [4.69, 9.17) is 4.74 Å². The smallest absolute Gasteiger partial charge is 0.256 e. The number of ether oxygens (including phenoxy) is 1. The molecule has 0 aliphatic heterocycles. The number of nitrogens with one attached hydrogen (secondary N) is 1. The SMILES string of the molecule is COc1cccc(C(=O)c2c(NC(C)=O)sc3c2ccc(=O)n3-c2ccccc2)c1. The number of aromatic nitrogens is 1. The van der Waals surface area contributed by atoms with Gasteiger partial charge in [0.2, 0.25) is 5.91 Å². The molecular formula is C23H18N2O4S. The minimum absolute atomic E-state index is 0.218. The number of rotatable bonds is 5. The molecule has 150 valence electrons. The lowest BCUT2D eigenvalue weighted by Gasteiger charge is -2.08. The van der Waals surface area contributed by atoms with Gasteiger partial charge in [-0.2, -0.15) is 0 Å². The average molecular weight is 418 g/mol. The molecule has 0 radical (unpaired) electrons. The number of thiophene rings is 1. The first-order chi connectivity index (χ1) is 14.5. The standard InChI is InChI=1S/C23H18N2O4S/c1-14(26)24-22-20(21(28)15-7-6-10-17(13-15)29-2)18-11-12-19(27)25(23(18)30-22)16-8-4-3-5-9-16/h3-13H,1-2H3,(H,24,26). The Morgan fingerprint density at radius 3 is 2.47 bits per heavy atom. The topological polar surface area (TPSA) is 77.4 Å². The summed E-state index contributed by atoms with van der Waals surface area (Å²) < 4.78 is 6.78. The Labute approximate surface area is 176 Å². The molecule has 0 spiro atoms. The lowest BCUT2D eigenvalue weighted by atomic mass is 10.0. The van der Waals surface area contributed by atoms with Gasteiger partial charge in [-0.15, -0.1) is 0 Å². The molecule has 0 atom stereocenters. The summed E-state index contributed by atoms with van der Waals surface area (Å²) in [4.78, 5) is 38.5. The molecule has 1 N–H and O–H groups in total.